The summed E-state index contributed by atoms with van der Waals surface area (Å²) in [4.78, 5) is 16.3. The van der Waals surface area contributed by atoms with Gasteiger partial charge in [0.15, 0.2) is 18.0 Å². The van der Waals surface area contributed by atoms with Crippen molar-refractivity contribution in [3.8, 4) is 5.75 Å². The molecule has 0 bridgehead atoms. The van der Waals surface area contributed by atoms with Gasteiger partial charge in [-0.25, -0.2) is 4.98 Å². The van der Waals surface area contributed by atoms with Crippen LogP contribution in [0.25, 0.3) is 5.65 Å². The van der Waals surface area contributed by atoms with Crippen molar-refractivity contribution in [2.45, 2.75) is 13.1 Å². The minimum atomic E-state index is -0.179. The lowest BCUT2D eigenvalue weighted by molar-refractivity contribution is -0.123. The molecule has 0 aliphatic rings. The highest BCUT2D eigenvalue weighted by molar-refractivity contribution is 5.77. The van der Waals surface area contributed by atoms with Crippen LogP contribution in [0.15, 0.2) is 54.9 Å². The molecule has 0 saturated carbocycles. The van der Waals surface area contributed by atoms with Crippen LogP contribution in [0, 0.1) is 0 Å². The van der Waals surface area contributed by atoms with Gasteiger partial charge in [-0.3, -0.25) is 4.79 Å². The zero-order valence-corrected chi connectivity index (χ0v) is 12.6. The number of fused-ring (bicyclic) bond motifs is 1. The normalized spacial score (nSPS) is 10.7. The monoisotopic (exact) mass is 310 g/mol. The average molecular weight is 310 g/mol. The Balaban J connectivity index is 1.59. The summed E-state index contributed by atoms with van der Waals surface area (Å²) in [5.41, 5.74) is 8.07. The van der Waals surface area contributed by atoms with Crippen molar-refractivity contribution in [1.82, 2.24) is 14.7 Å². The SMILES string of the molecule is NCc1cn2cccc(OCC(=O)NCc3ccccc3)c2n1. The zero-order chi connectivity index (χ0) is 16.1. The van der Waals surface area contributed by atoms with E-state index in [1.807, 2.05) is 53.2 Å². The number of carbonyl (C=O) groups is 1. The largest absolute Gasteiger partial charge is 0.480 e. The summed E-state index contributed by atoms with van der Waals surface area (Å²) >= 11 is 0. The molecular formula is C17H18N4O2. The maximum Gasteiger partial charge on any atom is 0.258 e. The molecule has 6 nitrogen and oxygen atoms in total. The van der Waals surface area contributed by atoms with E-state index in [2.05, 4.69) is 10.3 Å². The van der Waals surface area contributed by atoms with Crippen molar-refractivity contribution in [2.24, 2.45) is 5.73 Å². The predicted octanol–water partition coefficient (Wildman–Crippen LogP) is 1.49. The summed E-state index contributed by atoms with van der Waals surface area (Å²) in [5.74, 6) is 0.378. The van der Waals surface area contributed by atoms with Crippen LogP contribution < -0.4 is 15.8 Å². The number of hydrogen-bond acceptors (Lipinski definition) is 4. The third-order valence-corrected chi connectivity index (χ3v) is 3.40. The predicted molar refractivity (Wildman–Crippen MR) is 86.9 cm³/mol. The van der Waals surface area contributed by atoms with Crippen LogP contribution in [0.3, 0.4) is 0 Å². The highest BCUT2D eigenvalue weighted by Gasteiger charge is 2.08. The van der Waals surface area contributed by atoms with E-state index in [-0.39, 0.29) is 12.5 Å². The molecule has 0 spiro atoms. The lowest BCUT2D eigenvalue weighted by atomic mass is 10.2. The first-order valence-electron chi connectivity index (χ1n) is 7.36. The lowest BCUT2D eigenvalue weighted by Crippen LogP contribution is -2.28. The Hall–Kier alpha value is -2.86. The van der Waals surface area contributed by atoms with E-state index in [9.17, 15) is 4.79 Å². The molecule has 0 aliphatic heterocycles. The van der Waals surface area contributed by atoms with E-state index < -0.39 is 0 Å². The molecule has 0 saturated heterocycles. The van der Waals surface area contributed by atoms with Crippen LogP contribution in [-0.4, -0.2) is 21.9 Å². The van der Waals surface area contributed by atoms with Crippen LogP contribution >= 0.6 is 0 Å². The second-order valence-electron chi connectivity index (χ2n) is 5.09. The summed E-state index contributed by atoms with van der Waals surface area (Å²) in [6, 6.07) is 13.4. The second kappa shape index (κ2) is 6.93. The maximum absolute atomic E-state index is 11.9. The molecule has 3 aromatic rings. The molecule has 0 fully saturated rings. The van der Waals surface area contributed by atoms with Crippen LogP contribution in [-0.2, 0) is 17.9 Å². The fraction of sp³-hybridized carbons (Fsp3) is 0.176. The van der Waals surface area contributed by atoms with Gasteiger partial charge < -0.3 is 20.2 Å². The van der Waals surface area contributed by atoms with E-state index in [1.54, 1.807) is 6.07 Å². The van der Waals surface area contributed by atoms with Gasteiger partial charge in [-0.2, -0.15) is 0 Å². The molecule has 3 rings (SSSR count). The van der Waals surface area contributed by atoms with Crippen molar-refractivity contribution in [1.29, 1.82) is 0 Å². The number of pyridine rings is 1. The number of imidazole rings is 1. The van der Waals surface area contributed by atoms with E-state index in [0.717, 1.165) is 11.3 Å². The van der Waals surface area contributed by atoms with Crippen LogP contribution in [0.2, 0.25) is 0 Å². The molecule has 6 heteroatoms. The van der Waals surface area contributed by atoms with Crippen LogP contribution in [0.5, 0.6) is 5.75 Å². The van der Waals surface area contributed by atoms with Gasteiger partial charge >= 0.3 is 0 Å². The van der Waals surface area contributed by atoms with Gasteiger partial charge in [0.05, 0.1) is 5.69 Å². The Morgan fingerprint density at radius 1 is 1.22 bits per heavy atom. The number of rotatable bonds is 6. The van der Waals surface area contributed by atoms with E-state index in [0.29, 0.717) is 24.5 Å². The second-order valence-corrected chi connectivity index (χ2v) is 5.09. The van der Waals surface area contributed by atoms with Gasteiger partial charge in [0.2, 0.25) is 0 Å². The third kappa shape index (κ3) is 3.67. The van der Waals surface area contributed by atoms with Crippen molar-refractivity contribution in [3.63, 3.8) is 0 Å². The molecule has 118 valence electrons. The molecular weight excluding hydrogens is 292 g/mol. The minimum Gasteiger partial charge on any atom is -0.480 e. The Morgan fingerprint density at radius 2 is 2.04 bits per heavy atom. The van der Waals surface area contributed by atoms with E-state index in [1.165, 1.54) is 0 Å². The first-order valence-corrected chi connectivity index (χ1v) is 7.36. The van der Waals surface area contributed by atoms with Crippen LogP contribution in [0.4, 0.5) is 0 Å². The molecule has 2 aromatic heterocycles. The first kappa shape index (κ1) is 15.1. The molecule has 0 radical (unpaired) electrons. The van der Waals surface area contributed by atoms with Crippen molar-refractivity contribution in [3.05, 3.63) is 66.1 Å². The first-order chi connectivity index (χ1) is 11.3. The topological polar surface area (TPSA) is 81.6 Å². The highest BCUT2D eigenvalue weighted by Crippen LogP contribution is 2.18. The summed E-state index contributed by atoms with van der Waals surface area (Å²) in [6.45, 7) is 0.782. The smallest absolute Gasteiger partial charge is 0.258 e. The Labute approximate surface area is 133 Å². The van der Waals surface area contributed by atoms with Crippen molar-refractivity contribution >= 4 is 11.6 Å². The fourth-order valence-corrected chi connectivity index (χ4v) is 2.24. The lowest BCUT2D eigenvalue weighted by Gasteiger charge is -2.08. The number of carbonyl (C=O) groups excluding carboxylic acids is 1. The Kier molecular flexibility index (Phi) is 4.54. The third-order valence-electron chi connectivity index (χ3n) is 3.40. The molecule has 1 amide bonds. The van der Waals surface area contributed by atoms with Crippen LogP contribution in [0.1, 0.15) is 11.3 Å². The number of nitrogens with two attached hydrogens (primary N) is 1. The van der Waals surface area contributed by atoms with Gasteiger partial charge in [0.25, 0.3) is 5.91 Å². The number of aromatic nitrogens is 2. The maximum atomic E-state index is 11.9. The summed E-state index contributed by atoms with van der Waals surface area (Å²) in [7, 11) is 0. The zero-order valence-electron chi connectivity index (χ0n) is 12.6. The summed E-state index contributed by atoms with van der Waals surface area (Å²) < 4.78 is 7.42. The van der Waals surface area contributed by atoms with Gasteiger partial charge in [-0.15, -0.1) is 0 Å². The van der Waals surface area contributed by atoms with E-state index >= 15 is 0 Å². The molecule has 0 aliphatic carbocycles. The van der Waals surface area contributed by atoms with Gasteiger partial charge in [0.1, 0.15) is 0 Å². The van der Waals surface area contributed by atoms with Crippen molar-refractivity contribution < 1.29 is 9.53 Å². The molecule has 23 heavy (non-hydrogen) atoms. The standard InChI is InChI=1S/C17H18N4O2/c18-9-14-11-21-8-4-7-15(17(21)20-14)23-12-16(22)19-10-13-5-2-1-3-6-13/h1-8,11H,9-10,12,18H2,(H,19,22). The quantitative estimate of drug-likeness (QED) is 0.723. The molecule has 3 N–H and O–H groups in total. The van der Waals surface area contributed by atoms with E-state index in [4.69, 9.17) is 10.5 Å². The molecule has 0 atom stereocenters. The number of ether oxygens (including phenoxy) is 1. The number of benzene rings is 1. The fourth-order valence-electron chi connectivity index (χ4n) is 2.24. The molecule has 0 unspecified atom stereocenters. The number of amides is 1. The average Bonchev–Trinajstić information content (AvgIpc) is 3.03. The number of nitrogens with one attached hydrogen (secondary N) is 1. The molecule has 1 aromatic carbocycles. The summed E-state index contributed by atoms with van der Waals surface area (Å²) in [5, 5.41) is 2.82. The number of nitrogens with zero attached hydrogens (tertiary/aromatic N) is 2. The summed E-state index contributed by atoms with van der Waals surface area (Å²) in [6.07, 6.45) is 3.71. The van der Waals surface area contributed by atoms with Crippen molar-refractivity contribution in [2.75, 3.05) is 6.61 Å². The van der Waals surface area contributed by atoms with Gasteiger partial charge in [0, 0.05) is 25.5 Å². The number of hydrogen-bond donors (Lipinski definition) is 2. The highest BCUT2D eigenvalue weighted by atomic mass is 16.5. The van der Waals surface area contributed by atoms with Gasteiger partial charge in [-0.1, -0.05) is 30.3 Å². The molecule has 2 heterocycles. The Bertz CT molecular complexity index is 799. The van der Waals surface area contributed by atoms with Gasteiger partial charge in [-0.05, 0) is 17.7 Å². The Morgan fingerprint density at radius 3 is 2.83 bits per heavy atom. The minimum absolute atomic E-state index is 0.0582.